The minimum Gasteiger partial charge on any atom is -0.462 e. The number of rotatable bonds is 55. The van der Waals surface area contributed by atoms with Crippen molar-refractivity contribution in [2.45, 2.75) is 348 Å². The molecule has 0 N–H and O–H groups in total. The summed E-state index contributed by atoms with van der Waals surface area (Å²) in [4.78, 5) is 38.0. The second-order valence-electron chi connectivity index (χ2n) is 20.9. The predicted octanol–water partition coefficient (Wildman–Crippen LogP) is 19.8. The van der Waals surface area contributed by atoms with Crippen molar-refractivity contribution < 1.29 is 28.6 Å². The number of carbonyl (C=O) groups excluding carboxylic acids is 3. The van der Waals surface area contributed by atoms with E-state index in [9.17, 15) is 14.4 Å². The molecule has 2 atom stereocenters. The Bertz CT molecular complexity index is 998. The van der Waals surface area contributed by atoms with E-state index >= 15 is 0 Å². The number of esters is 3. The molecule has 0 amide bonds. The van der Waals surface area contributed by atoms with Gasteiger partial charge in [0.15, 0.2) is 6.10 Å². The van der Waals surface area contributed by atoms with Gasteiger partial charge in [-0.25, -0.2) is 0 Å². The first kappa shape index (κ1) is 64.4. The molecule has 0 saturated heterocycles. The van der Waals surface area contributed by atoms with Crippen LogP contribution in [0.4, 0.5) is 0 Å². The summed E-state index contributed by atoms with van der Waals surface area (Å²) in [5.74, 6) is 0.0672. The number of carbonyl (C=O) groups is 3. The molecular weight excluding hydrogens is 817 g/mol. The lowest BCUT2D eigenvalue weighted by atomic mass is 9.99. The van der Waals surface area contributed by atoms with E-state index < -0.39 is 6.10 Å². The molecule has 0 aromatic heterocycles. The maximum atomic E-state index is 12.8. The van der Waals surface area contributed by atoms with Crippen LogP contribution in [0.3, 0.4) is 0 Å². The monoisotopic (exact) mass is 933 g/mol. The first-order valence-corrected chi connectivity index (χ1v) is 29.9. The van der Waals surface area contributed by atoms with Gasteiger partial charge in [0.2, 0.25) is 0 Å². The smallest absolute Gasteiger partial charge is 0.306 e. The van der Waals surface area contributed by atoms with Gasteiger partial charge in [-0.2, -0.15) is 0 Å². The van der Waals surface area contributed by atoms with Crippen LogP contribution in [0.2, 0.25) is 0 Å². The Morgan fingerprint density at radius 2 is 0.530 bits per heavy atom. The maximum Gasteiger partial charge on any atom is 0.306 e. The Labute approximate surface area is 412 Å². The highest BCUT2D eigenvalue weighted by atomic mass is 16.6. The standard InChI is InChI=1S/C60H116O6/c1-5-8-10-12-14-15-16-17-18-19-20-24-27-30-33-36-40-44-48-52-59(62)65-55-57(54-64-58(61)51-47-43-38-13-11-9-6-2)66-60(63)53-49-45-41-37-34-31-28-25-22-21-23-26-29-32-35-39-42-46-50-56(4)7-3/h56-57H,5-55H2,1-4H3/t56?,57-/m0/s1. The van der Waals surface area contributed by atoms with E-state index in [4.69, 9.17) is 14.2 Å². The molecule has 0 fully saturated rings. The molecular formula is C60H116O6. The number of ether oxygens (including phenoxy) is 3. The summed E-state index contributed by atoms with van der Waals surface area (Å²) in [7, 11) is 0. The molecule has 6 nitrogen and oxygen atoms in total. The predicted molar refractivity (Wildman–Crippen MR) is 284 cm³/mol. The van der Waals surface area contributed by atoms with E-state index in [1.807, 2.05) is 0 Å². The van der Waals surface area contributed by atoms with Gasteiger partial charge in [0.05, 0.1) is 0 Å². The van der Waals surface area contributed by atoms with Crippen molar-refractivity contribution in [2.24, 2.45) is 5.92 Å². The first-order valence-electron chi connectivity index (χ1n) is 29.9. The summed E-state index contributed by atoms with van der Waals surface area (Å²) in [5.41, 5.74) is 0. The molecule has 0 radical (unpaired) electrons. The molecule has 392 valence electrons. The second-order valence-corrected chi connectivity index (χ2v) is 20.9. The van der Waals surface area contributed by atoms with Crippen LogP contribution in [0.25, 0.3) is 0 Å². The van der Waals surface area contributed by atoms with Crippen LogP contribution < -0.4 is 0 Å². The fourth-order valence-electron chi connectivity index (χ4n) is 9.25. The third-order valence-corrected chi connectivity index (χ3v) is 14.2. The van der Waals surface area contributed by atoms with Gasteiger partial charge in [-0.1, -0.05) is 304 Å². The third-order valence-electron chi connectivity index (χ3n) is 14.2. The van der Waals surface area contributed by atoms with Gasteiger partial charge in [-0.3, -0.25) is 14.4 Å². The summed E-state index contributed by atoms with van der Waals surface area (Å²) < 4.78 is 16.8. The van der Waals surface area contributed by atoms with Crippen LogP contribution in [-0.2, 0) is 28.6 Å². The summed E-state index contributed by atoms with van der Waals surface area (Å²) in [6, 6.07) is 0. The molecule has 0 rings (SSSR count). The molecule has 0 aliphatic carbocycles. The lowest BCUT2D eigenvalue weighted by molar-refractivity contribution is -0.167. The van der Waals surface area contributed by atoms with E-state index in [0.717, 1.165) is 63.7 Å². The number of hydrogen-bond acceptors (Lipinski definition) is 6. The van der Waals surface area contributed by atoms with Crippen molar-refractivity contribution >= 4 is 17.9 Å². The number of hydrogen-bond donors (Lipinski definition) is 0. The van der Waals surface area contributed by atoms with Crippen LogP contribution >= 0.6 is 0 Å². The molecule has 0 spiro atoms. The lowest BCUT2D eigenvalue weighted by Gasteiger charge is -2.18. The van der Waals surface area contributed by atoms with Gasteiger partial charge in [-0.05, 0) is 25.2 Å². The topological polar surface area (TPSA) is 78.9 Å². The summed E-state index contributed by atoms with van der Waals surface area (Å²) in [6.45, 7) is 9.07. The van der Waals surface area contributed by atoms with E-state index in [1.165, 1.54) is 238 Å². The summed E-state index contributed by atoms with van der Waals surface area (Å²) in [6.07, 6.45) is 59.7. The molecule has 0 heterocycles. The largest absolute Gasteiger partial charge is 0.462 e. The molecule has 0 aliphatic heterocycles. The fourth-order valence-corrected chi connectivity index (χ4v) is 9.25. The minimum atomic E-state index is -0.761. The van der Waals surface area contributed by atoms with Crippen LogP contribution in [0.1, 0.15) is 342 Å². The van der Waals surface area contributed by atoms with Crippen LogP contribution in [0, 0.1) is 5.92 Å². The van der Waals surface area contributed by atoms with Gasteiger partial charge in [0, 0.05) is 19.3 Å². The quantitative estimate of drug-likeness (QED) is 0.0343. The Balaban J connectivity index is 4.10. The fraction of sp³-hybridized carbons (Fsp3) is 0.950. The van der Waals surface area contributed by atoms with Crippen molar-refractivity contribution in [3.63, 3.8) is 0 Å². The van der Waals surface area contributed by atoms with Crippen LogP contribution in [0.5, 0.6) is 0 Å². The third kappa shape index (κ3) is 51.8. The van der Waals surface area contributed by atoms with Crippen molar-refractivity contribution in [3.05, 3.63) is 0 Å². The minimum absolute atomic E-state index is 0.0623. The van der Waals surface area contributed by atoms with E-state index in [0.29, 0.717) is 19.3 Å². The number of unbranched alkanes of at least 4 members (excludes halogenated alkanes) is 41. The van der Waals surface area contributed by atoms with E-state index in [-0.39, 0.29) is 31.1 Å². The molecule has 0 saturated carbocycles. The van der Waals surface area contributed by atoms with Crippen molar-refractivity contribution in [3.8, 4) is 0 Å². The first-order chi connectivity index (χ1) is 32.4. The SMILES string of the molecule is CCCCCCCCCCCCCCCCCCCCCC(=O)OC[C@H](COC(=O)CCCCCCCCC)OC(=O)CCCCCCCCCCCCCCCCCCCCC(C)CC. The molecule has 6 heteroatoms. The molecule has 0 aromatic carbocycles. The highest BCUT2D eigenvalue weighted by Crippen LogP contribution is 2.19. The average molecular weight is 934 g/mol. The summed E-state index contributed by atoms with van der Waals surface area (Å²) >= 11 is 0. The molecule has 0 aliphatic rings. The highest BCUT2D eigenvalue weighted by molar-refractivity contribution is 5.71. The molecule has 1 unspecified atom stereocenters. The zero-order valence-electron chi connectivity index (χ0n) is 45.2. The van der Waals surface area contributed by atoms with Crippen molar-refractivity contribution in [2.75, 3.05) is 13.2 Å². The Hall–Kier alpha value is -1.59. The van der Waals surface area contributed by atoms with Crippen molar-refractivity contribution in [1.29, 1.82) is 0 Å². The van der Waals surface area contributed by atoms with Gasteiger partial charge in [-0.15, -0.1) is 0 Å². The van der Waals surface area contributed by atoms with Gasteiger partial charge in [0.25, 0.3) is 0 Å². The average Bonchev–Trinajstić information content (AvgIpc) is 3.32. The van der Waals surface area contributed by atoms with Gasteiger partial charge in [0.1, 0.15) is 13.2 Å². The molecule has 66 heavy (non-hydrogen) atoms. The lowest BCUT2D eigenvalue weighted by Crippen LogP contribution is -2.30. The maximum absolute atomic E-state index is 12.8. The van der Waals surface area contributed by atoms with Crippen LogP contribution in [0.15, 0.2) is 0 Å². The van der Waals surface area contributed by atoms with Crippen LogP contribution in [-0.4, -0.2) is 37.2 Å². The summed E-state index contributed by atoms with van der Waals surface area (Å²) in [5, 5.41) is 0. The Kier molecular flexibility index (Phi) is 53.0. The normalized spacial score (nSPS) is 12.4. The van der Waals surface area contributed by atoms with E-state index in [2.05, 4.69) is 27.7 Å². The van der Waals surface area contributed by atoms with E-state index in [1.54, 1.807) is 0 Å². The molecule has 0 aromatic rings. The second kappa shape index (κ2) is 54.4. The van der Waals surface area contributed by atoms with Gasteiger partial charge < -0.3 is 14.2 Å². The Morgan fingerprint density at radius 1 is 0.303 bits per heavy atom. The zero-order valence-corrected chi connectivity index (χ0v) is 45.2. The van der Waals surface area contributed by atoms with Crippen molar-refractivity contribution in [1.82, 2.24) is 0 Å². The highest BCUT2D eigenvalue weighted by Gasteiger charge is 2.19. The zero-order chi connectivity index (χ0) is 48.1. The van der Waals surface area contributed by atoms with Gasteiger partial charge >= 0.3 is 17.9 Å². The molecule has 0 bridgehead atoms. The Morgan fingerprint density at radius 3 is 0.788 bits per heavy atom.